The number of aliphatic imine (C=N–C) groups is 1. The lowest BCUT2D eigenvalue weighted by molar-refractivity contribution is 0.0678. The van der Waals surface area contributed by atoms with E-state index >= 15 is 0 Å². The number of hydrogen-bond acceptors (Lipinski definition) is 5. The summed E-state index contributed by atoms with van der Waals surface area (Å²) in [7, 11) is 0. The predicted molar refractivity (Wildman–Crippen MR) is 86.6 cm³/mol. The van der Waals surface area contributed by atoms with Crippen molar-refractivity contribution in [3.05, 3.63) is 42.1 Å². The van der Waals surface area contributed by atoms with E-state index in [1.807, 2.05) is 0 Å². The Bertz CT molecular complexity index is 746. The van der Waals surface area contributed by atoms with E-state index in [0.29, 0.717) is 23.2 Å². The molecule has 2 aromatic heterocycles. The van der Waals surface area contributed by atoms with Crippen LogP contribution >= 0.6 is 11.6 Å². The minimum atomic E-state index is -0.865. The zero-order chi connectivity index (χ0) is 15.9. The van der Waals surface area contributed by atoms with Gasteiger partial charge in [-0.15, -0.1) is 0 Å². The molecule has 114 valence electrons. The summed E-state index contributed by atoms with van der Waals surface area (Å²) in [5.41, 5.74) is 1.32. The maximum absolute atomic E-state index is 10.00. The van der Waals surface area contributed by atoms with Crippen LogP contribution in [0.25, 0.3) is 11.5 Å². The molecule has 3 rings (SSSR count). The molecule has 22 heavy (non-hydrogen) atoms. The normalized spacial score (nSPS) is 14.4. The summed E-state index contributed by atoms with van der Waals surface area (Å²) >= 11 is 6.14. The lowest BCUT2D eigenvalue weighted by atomic mass is 10.1. The fourth-order valence-electron chi connectivity index (χ4n) is 2.31. The van der Waals surface area contributed by atoms with Crippen LogP contribution in [0.2, 0.25) is 5.15 Å². The molecule has 0 atom stereocenters. The molecule has 6 nitrogen and oxygen atoms in total. The third kappa shape index (κ3) is 2.75. The van der Waals surface area contributed by atoms with Crippen molar-refractivity contribution in [1.29, 1.82) is 0 Å². The molecule has 0 aromatic carbocycles. The van der Waals surface area contributed by atoms with Crippen molar-refractivity contribution in [3.8, 4) is 5.82 Å². The Morgan fingerprint density at radius 3 is 2.82 bits per heavy atom. The Labute approximate surface area is 133 Å². The number of fused-ring (bicyclic) bond motifs is 1. The number of nitrogens with zero attached hydrogens (tertiary/aromatic N) is 5. The smallest absolute Gasteiger partial charge is 0.166 e. The summed E-state index contributed by atoms with van der Waals surface area (Å²) in [6.45, 7) is 7.95. The lowest BCUT2D eigenvalue weighted by Crippen LogP contribution is -2.37. The number of β-amino-alcohol motifs (C(OH)–C–C–N with tert-alkyl or cyclic N) is 1. The van der Waals surface area contributed by atoms with Gasteiger partial charge in [-0.2, -0.15) is 0 Å². The van der Waals surface area contributed by atoms with E-state index in [1.165, 1.54) is 0 Å². The van der Waals surface area contributed by atoms with Gasteiger partial charge in [-0.1, -0.05) is 18.2 Å². The zero-order valence-electron chi connectivity index (χ0n) is 12.4. The SMILES string of the molecule is C=C1c2cc(Cl)nc(-n3ccnc3)c2N=CN1CC(C)(C)O. The van der Waals surface area contributed by atoms with Gasteiger partial charge >= 0.3 is 0 Å². The highest BCUT2D eigenvalue weighted by Gasteiger charge is 2.25. The Balaban J connectivity index is 2.07. The Morgan fingerprint density at radius 2 is 2.18 bits per heavy atom. The van der Waals surface area contributed by atoms with E-state index in [-0.39, 0.29) is 0 Å². The van der Waals surface area contributed by atoms with E-state index in [0.717, 1.165) is 11.3 Å². The van der Waals surface area contributed by atoms with Crippen LogP contribution in [-0.4, -0.2) is 43.0 Å². The van der Waals surface area contributed by atoms with Gasteiger partial charge in [0.15, 0.2) is 5.82 Å². The number of pyridine rings is 1. The van der Waals surface area contributed by atoms with E-state index in [1.54, 1.807) is 54.4 Å². The average molecular weight is 318 g/mol. The van der Waals surface area contributed by atoms with E-state index in [4.69, 9.17) is 11.6 Å². The molecule has 1 aliphatic heterocycles. The minimum absolute atomic E-state index is 0.351. The quantitative estimate of drug-likeness (QED) is 0.884. The monoisotopic (exact) mass is 317 g/mol. The first-order valence-electron chi connectivity index (χ1n) is 6.76. The summed E-state index contributed by atoms with van der Waals surface area (Å²) in [5.74, 6) is 0.598. The number of aliphatic hydroxyl groups is 1. The molecule has 0 amide bonds. The van der Waals surface area contributed by atoms with Crippen LogP contribution in [-0.2, 0) is 0 Å². The summed E-state index contributed by atoms with van der Waals surface area (Å²) in [6, 6.07) is 1.73. The van der Waals surface area contributed by atoms with Gasteiger partial charge < -0.3 is 10.0 Å². The van der Waals surface area contributed by atoms with Gasteiger partial charge in [-0.05, 0) is 19.9 Å². The highest BCUT2D eigenvalue weighted by atomic mass is 35.5. The first-order valence-corrected chi connectivity index (χ1v) is 7.14. The fraction of sp³-hybridized carbons (Fsp3) is 0.267. The van der Waals surface area contributed by atoms with Crippen LogP contribution < -0.4 is 0 Å². The second-order valence-electron chi connectivity index (χ2n) is 5.77. The van der Waals surface area contributed by atoms with Gasteiger partial charge in [0.25, 0.3) is 0 Å². The van der Waals surface area contributed by atoms with Gasteiger partial charge in [-0.25, -0.2) is 15.0 Å². The van der Waals surface area contributed by atoms with Gasteiger partial charge in [0, 0.05) is 23.7 Å². The number of aromatic nitrogens is 3. The summed E-state index contributed by atoms with van der Waals surface area (Å²) in [4.78, 5) is 14.6. The van der Waals surface area contributed by atoms with E-state index < -0.39 is 5.60 Å². The Morgan fingerprint density at radius 1 is 1.41 bits per heavy atom. The lowest BCUT2D eigenvalue weighted by Gasteiger charge is -2.32. The van der Waals surface area contributed by atoms with Crippen LogP contribution in [0.4, 0.5) is 5.69 Å². The number of rotatable bonds is 3. The van der Waals surface area contributed by atoms with Crippen LogP contribution in [0, 0.1) is 0 Å². The third-order valence-electron chi connectivity index (χ3n) is 3.23. The maximum atomic E-state index is 10.00. The van der Waals surface area contributed by atoms with Crippen molar-refractivity contribution in [2.75, 3.05) is 6.54 Å². The average Bonchev–Trinajstić information content (AvgIpc) is 2.94. The molecule has 2 aromatic rings. The fourth-order valence-corrected chi connectivity index (χ4v) is 2.50. The third-order valence-corrected chi connectivity index (χ3v) is 3.43. The standard InChI is InChI=1S/C15H16ClN5O/c1-10-11-6-12(16)19-14(20-5-4-17-8-20)13(11)18-9-21(10)7-15(2,3)22/h4-6,8-9,22H,1,7H2,2-3H3. The molecular formula is C15H16ClN5O. The molecule has 0 unspecified atom stereocenters. The molecule has 1 aliphatic rings. The molecule has 3 heterocycles. The molecule has 0 aliphatic carbocycles. The van der Waals surface area contributed by atoms with Crippen molar-refractivity contribution in [3.63, 3.8) is 0 Å². The number of imidazole rings is 1. The second-order valence-corrected chi connectivity index (χ2v) is 6.15. The van der Waals surface area contributed by atoms with E-state index in [9.17, 15) is 5.11 Å². The van der Waals surface area contributed by atoms with Crippen molar-refractivity contribution < 1.29 is 5.11 Å². The van der Waals surface area contributed by atoms with Crippen molar-refractivity contribution in [2.45, 2.75) is 19.4 Å². The maximum Gasteiger partial charge on any atom is 0.166 e. The molecule has 0 saturated carbocycles. The van der Waals surface area contributed by atoms with Crippen molar-refractivity contribution >= 4 is 29.3 Å². The van der Waals surface area contributed by atoms with Gasteiger partial charge in [0.1, 0.15) is 17.2 Å². The predicted octanol–water partition coefficient (Wildman–Crippen LogP) is 2.64. The van der Waals surface area contributed by atoms with Crippen LogP contribution in [0.1, 0.15) is 19.4 Å². The molecule has 0 radical (unpaired) electrons. The molecule has 0 spiro atoms. The van der Waals surface area contributed by atoms with Gasteiger partial charge in [-0.3, -0.25) is 4.57 Å². The van der Waals surface area contributed by atoms with Gasteiger partial charge in [0.2, 0.25) is 0 Å². The Kier molecular flexibility index (Phi) is 3.50. The Hall–Kier alpha value is -2.18. The molecule has 1 N–H and O–H groups in total. The second kappa shape index (κ2) is 5.23. The largest absolute Gasteiger partial charge is 0.389 e. The number of hydrogen-bond donors (Lipinski definition) is 1. The minimum Gasteiger partial charge on any atom is -0.389 e. The highest BCUT2D eigenvalue weighted by Crippen LogP contribution is 2.37. The van der Waals surface area contributed by atoms with Crippen molar-refractivity contribution in [1.82, 2.24) is 19.4 Å². The van der Waals surface area contributed by atoms with Gasteiger partial charge in [0.05, 0.1) is 18.5 Å². The first kappa shape index (κ1) is 14.7. The molecule has 7 heteroatoms. The van der Waals surface area contributed by atoms with Crippen LogP contribution in [0.5, 0.6) is 0 Å². The molecular weight excluding hydrogens is 302 g/mol. The molecule has 0 bridgehead atoms. The van der Waals surface area contributed by atoms with Crippen LogP contribution in [0.3, 0.4) is 0 Å². The summed E-state index contributed by atoms with van der Waals surface area (Å²) in [5, 5.41) is 10.4. The van der Waals surface area contributed by atoms with Crippen molar-refractivity contribution in [2.24, 2.45) is 4.99 Å². The highest BCUT2D eigenvalue weighted by molar-refractivity contribution is 6.29. The topological polar surface area (TPSA) is 66.5 Å². The summed E-state index contributed by atoms with van der Waals surface area (Å²) in [6.07, 6.45) is 6.73. The zero-order valence-corrected chi connectivity index (χ0v) is 13.1. The number of halogens is 1. The summed E-state index contributed by atoms with van der Waals surface area (Å²) < 4.78 is 1.75. The van der Waals surface area contributed by atoms with E-state index in [2.05, 4.69) is 21.5 Å². The molecule has 0 saturated heterocycles. The van der Waals surface area contributed by atoms with Crippen LogP contribution in [0.15, 0.2) is 36.4 Å². The first-order chi connectivity index (χ1) is 10.3. The molecule has 0 fully saturated rings.